The van der Waals surface area contributed by atoms with Crippen molar-refractivity contribution in [1.82, 2.24) is 5.32 Å². The van der Waals surface area contributed by atoms with E-state index in [4.69, 9.17) is 9.47 Å². The molecule has 15 heavy (non-hydrogen) atoms. The van der Waals surface area contributed by atoms with E-state index in [9.17, 15) is 0 Å². The summed E-state index contributed by atoms with van der Waals surface area (Å²) in [4.78, 5) is 0. The zero-order valence-corrected chi connectivity index (χ0v) is 10.2. The van der Waals surface area contributed by atoms with Gasteiger partial charge in [-0.2, -0.15) is 11.8 Å². The van der Waals surface area contributed by atoms with Crippen LogP contribution in [0.3, 0.4) is 0 Å². The molecule has 4 heteroatoms. The molecule has 2 unspecified atom stereocenters. The molecular weight excluding hydrogens is 210 g/mol. The number of thioether (sulfide) groups is 1. The third-order valence-electron chi connectivity index (χ3n) is 3.12. The summed E-state index contributed by atoms with van der Waals surface area (Å²) in [6.07, 6.45) is 1.22. The van der Waals surface area contributed by atoms with Gasteiger partial charge >= 0.3 is 0 Å². The Kier molecular flexibility index (Phi) is 4.75. The van der Waals surface area contributed by atoms with E-state index in [0.717, 1.165) is 44.1 Å². The van der Waals surface area contributed by atoms with Crippen LogP contribution in [-0.4, -0.2) is 50.0 Å². The van der Waals surface area contributed by atoms with Gasteiger partial charge in [0.05, 0.1) is 25.1 Å². The van der Waals surface area contributed by atoms with Crippen LogP contribution in [-0.2, 0) is 9.47 Å². The number of rotatable bonds is 6. The van der Waals surface area contributed by atoms with Gasteiger partial charge in [-0.1, -0.05) is 6.92 Å². The summed E-state index contributed by atoms with van der Waals surface area (Å²) in [5.74, 6) is 1.93. The summed E-state index contributed by atoms with van der Waals surface area (Å²) in [7, 11) is 0. The van der Waals surface area contributed by atoms with E-state index in [1.165, 1.54) is 12.2 Å². The zero-order chi connectivity index (χ0) is 10.5. The molecule has 2 aliphatic rings. The fraction of sp³-hybridized carbons (Fsp3) is 1.00. The number of ether oxygens (including phenoxy) is 2. The summed E-state index contributed by atoms with van der Waals surface area (Å²) in [5.41, 5.74) is 0. The minimum Gasteiger partial charge on any atom is -0.381 e. The third kappa shape index (κ3) is 3.34. The second-order valence-electron chi connectivity index (χ2n) is 4.28. The highest BCUT2D eigenvalue weighted by molar-refractivity contribution is 8.00. The van der Waals surface area contributed by atoms with Crippen LogP contribution in [0, 0.1) is 5.92 Å². The highest BCUT2D eigenvalue weighted by atomic mass is 32.2. The molecule has 2 fully saturated rings. The van der Waals surface area contributed by atoms with Gasteiger partial charge in [-0.15, -0.1) is 0 Å². The van der Waals surface area contributed by atoms with Crippen LogP contribution in [0.2, 0.25) is 0 Å². The van der Waals surface area contributed by atoms with E-state index in [0.29, 0.717) is 6.04 Å². The molecule has 88 valence electrons. The molecule has 2 aliphatic heterocycles. The topological polar surface area (TPSA) is 30.5 Å². The molecule has 1 N–H and O–H groups in total. The number of nitrogens with one attached hydrogen (secondary N) is 1. The molecule has 0 spiro atoms. The van der Waals surface area contributed by atoms with Gasteiger partial charge in [0.1, 0.15) is 0 Å². The Bertz CT molecular complexity index is 181. The van der Waals surface area contributed by atoms with E-state index in [1.54, 1.807) is 0 Å². The lowest BCUT2D eigenvalue weighted by Crippen LogP contribution is -2.40. The Balaban J connectivity index is 1.71. The summed E-state index contributed by atoms with van der Waals surface area (Å²) < 4.78 is 10.6. The Hall–Kier alpha value is 0.230. The molecule has 0 aromatic rings. The van der Waals surface area contributed by atoms with Crippen LogP contribution in [0.15, 0.2) is 0 Å². The van der Waals surface area contributed by atoms with Crippen molar-refractivity contribution in [3.8, 4) is 0 Å². The first-order chi connectivity index (χ1) is 7.40. The average Bonchev–Trinajstić information content (AvgIpc) is 2.66. The monoisotopic (exact) mass is 231 g/mol. The maximum Gasteiger partial charge on any atom is 0.0607 e. The molecule has 0 aliphatic carbocycles. The minimum absolute atomic E-state index is 0.628. The molecule has 0 saturated carbocycles. The Labute approximate surface area is 96.3 Å². The van der Waals surface area contributed by atoms with Crippen molar-refractivity contribution in [3.05, 3.63) is 0 Å². The molecular formula is C11H21NO2S. The van der Waals surface area contributed by atoms with Crippen molar-refractivity contribution in [2.45, 2.75) is 24.6 Å². The molecule has 0 aromatic heterocycles. The van der Waals surface area contributed by atoms with Crippen molar-refractivity contribution < 1.29 is 9.47 Å². The first kappa shape index (κ1) is 11.7. The Morgan fingerprint density at radius 3 is 2.73 bits per heavy atom. The van der Waals surface area contributed by atoms with Crippen molar-refractivity contribution in [1.29, 1.82) is 0 Å². The van der Waals surface area contributed by atoms with E-state index < -0.39 is 0 Å². The van der Waals surface area contributed by atoms with Gasteiger partial charge in [0.2, 0.25) is 0 Å². The predicted molar refractivity (Wildman–Crippen MR) is 63.5 cm³/mol. The van der Waals surface area contributed by atoms with Crippen LogP contribution in [0.1, 0.15) is 13.3 Å². The Morgan fingerprint density at radius 1 is 1.33 bits per heavy atom. The highest BCUT2D eigenvalue weighted by Gasteiger charge is 2.27. The molecule has 2 rings (SSSR count). The van der Waals surface area contributed by atoms with Gasteiger partial charge < -0.3 is 14.8 Å². The lowest BCUT2D eigenvalue weighted by atomic mass is 10.0. The average molecular weight is 231 g/mol. The summed E-state index contributed by atoms with van der Waals surface area (Å²) in [5, 5.41) is 4.33. The van der Waals surface area contributed by atoms with Crippen molar-refractivity contribution in [2.24, 2.45) is 5.92 Å². The number of hydrogen-bond acceptors (Lipinski definition) is 4. The normalized spacial score (nSPS) is 29.0. The van der Waals surface area contributed by atoms with Crippen molar-refractivity contribution in [2.75, 3.05) is 38.7 Å². The van der Waals surface area contributed by atoms with Crippen LogP contribution < -0.4 is 5.32 Å². The molecule has 2 saturated heterocycles. The van der Waals surface area contributed by atoms with E-state index >= 15 is 0 Å². The number of hydrogen-bond donors (Lipinski definition) is 1. The van der Waals surface area contributed by atoms with Crippen LogP contribution in [0.5, 0.6) is 0 Å². The maximum atomic E-state index is 5.46. The molecule has 3 nitrogen and oxygen atoms in total. The van der Waals surface area contributed by atoms with Crippen molar-refractivity contribution >= 4 is 11.8 Å². The van der Waals surface area contributed by atoms with Crippen LogP contribution in [0.4, 0.5) is 0 Å². The summed E-state index contributed by atoms with van der Waals surface area (Å²) in [6.45, 7) is 7.03. The van der Waals surface area contributed by atoms with E-state index in [1.807, 2.05) is 0 Å². The smallest absolute Gasteiger partial charge is 0.0607 e. The Morgan fingerprint density at radius 2 is 2.20 bits per heavy atom. The van der Waals surface area contributed by atoms with Crippen LogP contribution >= 0.6 is 11.8 Å². The fourth-order valence-corrected chi connectivity index (χ4v) is 3.30. The molecule has 2 heterocycles. The lowest BCUT2D eigenvalue weighted by molar-refractivity contribution is 0.0454. The lowest BCUT2D eigenvalue weighted by Gasteiger charge is -2.29. The van der Waals surface area contributed by atoms with Gasteiger partial charge in [-0.3, -0.25) is 0 Å². The standard InChI is InChI=1S/C11H21NO2S/c1-2-12-11(9-3-4-13-5-9)8-15-10-6-14-7-10/h9-12H,2-8H2,1H3. The van der Waals surface area contributed by atoms with E-state index in [-0.39, 0.29) is 0 Å². The second kappa shape index (κ2) is 6.09. The molecule has 0 bridgehead atoms. The second-order valence-corrected chi connectivity index (χ2v) is 5.61. The molecule has 0 amide bonds. The first-order valence-corrected chi connectivity index (χ1v) is 6.95. The van der Waals surface area contributed by atoms with Gasteiger partial charge in [0, 0.05) is 24.3 Å². The van der Waals surface area contributed by atoms with Crippen LogP contribution in [0.25, 0.3) is 0 Å². The predicted octanol–water partition coefficient (Wildman–Crippen LogP) is 1.13. The zero-order valence-electron chi connectivity index (χ0n) is 9.41. The van der Waals surface area contributed by atoms with Gasteiger partial charge in [0.15, 0.2) is 0 Å². The molecule has 0 aromatic carbocycles. The summed E-state index contributed by atoms with van der Waals surface area (Å²) in [6, 6.07) is 0.628. The first-order valence-electron chi connectivity index (χ1n) is 5.90. The SMILES string of the molecule is CCNC(CSC1COC1)C1CCOC1. The van der Waals surface area contributed by atoms with Gasteiger partial charge in [-0.25, -0.2) is 0 Å². The van der Waals surface area contributed by atoms with Gasteiger partial charge in [0.25, 0.3) is 0 Å². The fourth-order valence-electron chi connectivity index (χ4n) is 2.04. The summed E-state index contributed by atoms with van der Waals surface area (Å²) >= 11 is 2.06. The highest BCUT2D eigenvalue weighted by Crippen LogP contribution is 2.24. The minimum atomic E-state index is 0.628. The third-order valence-corrected chi connectivity index (χ3v) is 4.41. The largest absolute Gasteiger partial charge is 0.381 e. The van der Waals surface area contributed by atoms with Crippen molar-refractivity contribution in [3.63, 3.8) is 0 Å². The molecule has 2 atom stereocenters. The quantitative estimate of drug-likeness (QED) is 0.742. The molecule has 0 radical (unpaired) electrons. The van der Waals surface area contributed by atoms with E-state index in [2.05, 4.69) is 24.0 Å². The van der Waals surface area contributed by atoms with Gasteiger partial charge in [-0.05, 0) is 13.0 Å². The maximum absolute atomic E-state index is 5.46.